The monoisotopic (exact) mass is 407 g/mol. The highest BCUT2D eigenvalue weighted by Gasteiger charge is 2.14. The van der Waals surface area contributed by atoms with Crippen LogP contribution in [0, 0.1) is 0 Å². The molecule has 4 aromatic rings. The number of ether oxygens (including phenoxy) is 1. The minimum Gasteiger partial charge on any atom is -0.489 e. The number of aromatic nitrogens is 2. The Kier molecular flexibility index (Phi) is 5.70. The van der Waals surface area contributed by atoms with E-state index in [0.29, 0.717) is 29.0 Å². The van der Waals surface area contributed by atoms with Crippen molar-refractivity contribution in [3.05, 3.63) is 95.3 Å². The second-order valence-corrected chi connectivity index (χ2v) is 6.72. The molecular formula is C23H19F2N3O2. The van der Waals surface area contributed by atoms with Crippen molar-refractivity contribution < 1.29 is 18.3 Å². The number of H-pyrrole nitrogens is 1. The molecule has 1 amide bonds. The Bertz CT molecular complexity index is 1160. The van der Waals surface area contributed by atoms with E-state index < -0.39 is 12.2 Å². The minimum absolute atomic E-state index is 0.271. The molecule has 0 aliphatic rings. The van der Waals surface area contributed by atoms with Crippen LogP contribution in [0.5, 0.6) is 5.75 Å². The van der Waals surface area contributed by atoms with Gasteiger partial charge in [0.1, 0.15) is 12.4 Å². The van der Waals surface area contributed by atoms with E-state index in [0.717, 1.165) is 11.1 Å². The summed E-state index contributed by atoms with van der Waals surface area (Å²) < 4.78 is 31.5. The maximum absolute atomic E-state index is 12.8. The molecule has 0 atom stereocenters. The molecule has 0 spiro atoms. The lowest BCUT2D eigenvalue weighted by molar-refractivity contribution is 0.0950. The molecule has 0 fully saturated rings. The first-order chi connectivity index (χ1) is 14.6. The summed E-state index contributed by atoms with van der Waals surface area (Å²) in [4.78, 5) is 18.9. The maximum Gasteiger partial charge on any atom is 0.295 e. The Labute approximate surface area is 171 Å². The van der Waals surface area contributed by atoms with E-state index in [1.807, 2.05) is 54.6 Å². The van der Waals surface area contributed by atoms with Gasteiger partial charge >= 0.3 is 0 Å². The van der Waals surface area contributed by atoms with E-state index in [1.165, 1.54) is 6.07 Å². The van der Waals surface area contributed by atoms with Gasteiger partial charge in [-0.1, -0.05) is 48.5 Å². The molecule has 30 heavy (non-hydrogen) atoms. The molecule has 0 bridgehead atoms. The van der Waals surface area contributed by atoms with Crippen LogP contribution < -0.4 is 10.1 Å². The van der Waals surface area contributed by atoms with Gasteiger partial charge in [-0.05, 0) is 29.8 Å². The highest BCUT2D eigenvalue weighted by atomic mass is 19.3. The number of hydrogen-bond acceptors (Lipinski definition) is 3. The van der Waals surface area contributed by atoms with Crippen molar-refractivity contribution in [3.63, 3.8) is 0 Å². The van der Waals surface area contributed by atoms with Gasteiger partial charge in [-0.15, -0.1) is 0 Å². The number of nitrogens with zero attached hydrogens (tertiary/aromatic N) is 1. The van der Waals surface area contributed by atoms with Gasteiger partial charge in [0.25, 0.3) is 12.3 Å². The summed E-state index contributed by atoms with van der Waals surface area (Å²) >= 11 is 0. The van der Waals surface area contributed by atoms with Gasteiger partial charge in [0.2, 0.25) is 0 Å². The van der Waals surface area contributed by atoms with Crippen LogP contribution in [0.15, 0.2) is 72.8 Å². The summed E-state index contributed by atoms with van der Waals surface area (Å²) in [5.74, 6) is -0.0396. The van der Waals surface area contributed by atoms with Gasteiger partial charge in [-0.25, -0.2) is 13.8 Å². The smallest absolute Gasteiger partial charge is 0.295 e. The number of imidazole rings is 1. The predicted molar refractivity (Wildman–Crippen MR) is 109 cm³/mol. The van der Waals surface area contributed by atoms with Crippen LogP contribution in [0.1, 0.15) is 33.7 Å². The fourth-order valence-electron chi connectivity index (χ4n) is 3.08. The van der Waals surface area contributed by atoms with Crippen LogP contribution in [0.2, 0.25) is 0 Å². The highest BCUT2D eigenvalue weighted by molar-refractivity contribution is 5.97. The average molecular weight is 407 g/mol. The van der Waals surface area contributed by atoms with Gasteiger partial charge in [-0.3, -0.25) is 4.79 Å². The lowest BCUT2D eigenvalue weighted by atomic mass is 10.1. The number of benzene rings is 3. The van der Waals surface area contributed by atoms with Crippen LogP contribution in [-0.2, 0) is 13.2 Å². The number of fused-ring (bicyclic) bond motifs is 1. The average Bonchev–Trinajstić information content (AvgIpc) is 3.21. The summed E-state index contributed by atoms with van der Waals surface area (Å²) in [5.41, 5.74) is 3.03. The van der Waals surface area contributed by atoms with Crippen LogP contribution in [0.4, 0.5) is 8.78 Å². The molecule has 0 aliphatic carbocycles. The summed E-state index contributed by atoms with van der Waals surface area (Å²) in [7, 11) is 0. The Morgan fingerprint density at radius 1 is 1.03 bits per heavy atom. The standard InChI is InChI=1S/C23H19F2N3O2/c24-21(25)22-27-18-11-10-16(12-19(18)28-22)23(29)26-13-17-8-4-5-9-20(17)30-14-15-6-2-1-3-7-15/h1-12,21H,13-14H2,(H,26,29)(H,27,28). The topological polar surface area (TPSA) is 67.0 Å². The molecule has 0 saturated carbocycles. The molecule has 0 unspecified atom stereocenters. The molecule has 7 heteroatoms. The highest BCUT2D eigenvalue weighted by Crippen LogP contribution is 2.22. The zero-order valence-corrected chi connectivity index (χ0v) is 15.9. The van der Waals surface area contributed by atoms with E-state index in [9.17, 15) is 13.6 Å². The quantitative estimate of drug-likeness (QED) is 0.453. The SMILES string of the molecule is O=C(NCc1ccccc1OCc1ccccc1)c1ccc2nc(C(F)F)[nH]c2c1. The number of rotatable bonds is 7. The zero-order chi connectivity index (χ0) is 20.9. The Balaban J connectivity index is 1.43. The fraction of sp³-hybridized carbons (Fsp3) is 0.130. The van der Waals surface area contributed by atoms with Crippen molar-refractivity contribution in [1.82, 2.24) is 15.3 Å². The van der Waals surface area contributed by atoms with Gasteiger partial charge < -0.3 is 15.0 Å². The molecule has 1 aromatic heterocycles. The van der Waals surface area contributed by atoms with Crippen molar-refractivity contribution in [2.75, 3.05) is 0 Å². The molecule has 3 aromatic carbocycles. The lowest BCUT2D eigenvalue weighted by Crippen LogP contribution is -2.23. The number of alkyl halides is 2. The van der Waals surface area contributed by atoms with Crippen LogP contribution in [0.3, 0.4) is 0 Å². The molecule has 2 N–H and O–H groups in total. The number of nitrogens with one attached hydrogen (secondary N) is 2. The zero-order valence-electron chi connectivity index (χ0n) is 15.9. The van der Waals surface area contributed by atoms with Gasteiger partial charge in [0, 0.05) is 17.7 Å². The molecular weight excluding hydrogens is 388 g/mol. The first-order valence-electron chi connectivity index (χ1n) is 9.41. The first-order valence-corrected chi connectivity index (χ1v) is 9.41. The number of hydrogen-bond donors (Lipinski definition) is 2. The van der Waals surface area contributed by atoms with Crippen molar-refractivity contribution in [2.45, 2.75) is 19.6 Å². The minimum atomic E-state index is -2.69. The second kappa shape index (κ2) is 8.73. The third-order valence-electron chi connectivity index (χ3n) is 4.62. The Morgan fingerprint density at radius 2 is 1.80 bits per heavy atom. The van der Waals surface area contributed by atoms with Crippen molar-refractivity contribution >= 4 is 16.9 Å². The number of amides is 1. The van der Waals surface area contributed by atoms with Crippen LogP contribution >= 0.6 is 0 Å². The fourth-order valence-corrected chi connectivity index (χ4v) is 3.08. The lowest BCUT2D eigenvalue weighted by Gasteiger charge is -2.12. The molecule has 4 rings (SSSR count). The van der Waals surface area contributed by atoms with E-state index in [1.54, 1.807) is 12.1 Å². The van der Waals surface area contributed by atoms with Gasteiger partial charge in [0.05, 0.1) is 11.0 Å². The molecule has 5 nitrogen and oxygen atoms in total. The third kappa shape index (κ3) is 4.46. The number of para-hydroxylation sites is 1. The molecule has 1 heterocycles. The van der Waals surface area contributed by atoms with Gasteiger partial charge in [-0.2, -0.15) is 0 Å². The van der Waals surface area contributed by atoms with E-state index >= 15 is 0 Å². The summed E-state index contributed by atoms with van der Waals surface area (Å²) in [6, 6.07) is 21.9. The normalized spacial score (nSPS) is 11.0. The third-order valence-corrected chi connectivity index (χ3v) is 4.62. The van der Waals surface area contributed by atoms with Crippen molar-refractivity contribution in [2.24, 2.45) is 0 Å². The van der Waals surface area contributed by atoms with E-state index in [2.05, 4.69) is 15.3 Å². The van der Waals surface area contributed by atoms with Crippen LogP contribution in [0.25, 0.3) is 11.0 Å². The summed E-state index contributed by atoms with van der Waals surface area (Å²) in [5, 5.41) is 2.85. The number of aromatic amines is 1. The predicted octanol–water partition coefficient (Wildman–Crippen LogP) is 5.01. The Morgan fingerprint density at radius 3 is 2.60 bits per heavy atom. The second-order valence-electron chi connectivity index (χ2n) is 6.72. The maximum atomic E-state index is 12.8. The number of carbonyl (C=O) groups is 1. The molecule has 0 radical (unpaired) electrons. The largest absolute Gasteiger partial charge is 0.489 e. The Hall–Kier alpha value is -3.74. The van der Waals surface area contributed by atoms with Crippen LogP contribution in [-0.4, -0.2) is 15.9 Å². The van der Waals surface area contributed by atoms with E-state index in [-0.39, 0.29) is 12.5 Å². The molecule has 0 saturated heterocycles. The van der Waals surface area contributed by atoms with E-state index in [4.69, 9.17) is 4.74 Å². The van der Waals surface area contributed by atoms with Gasteiger partial charge in [0.15, 0.2) is 5.82 Å². The summed E-state index contributed by atoms with van der Waals surface area (Å²) in [6.45, 7) is 0.696. The number of carbonyl (C=O) groups excluding carboxylic acids is 1. The number of halogens is 2. The summed E-state index contributed by atoms with van der Waals surface area (Å²) in [6.07, 6.45) is -2.69. The molecule has 152 valence electrons. The van der Waals surface area contributed by atoms with Crippen molar-refractivity contribution in [3.8, 4) is 5.75 Å². The van der Waals surface area contributed by atoms with Crippen molar-refractivity contribution in [1.29, 1.82) is 0 Å². The molecule has 0 aliphatic heterocycles. The first kappa shape index (κ1) is 19.6.